The minimum absolute atomic E-state index is 0.0558. The van der Waals surface area contributed by atoms with Gasteiger partial charge >= 0.3 is 0 Å². The maximum absolute atomic E-state index is 12.9. The molecule has 0 aliphatic rings. The summed E-state index contributed by atoms with van der Waals surface area (Å²) in [6.07, 6.45) is 0.747. The van der Waals surface area contributed by atoms with E-state index in [1.165, 1.54) is 12.1 Å². The molecule has 0 bridgehead atoms. The van der Waals surface area contributed by atoms with Crippen LogP contribution in [0.4, 0.5) is 4.39 Å². The van der Waals surface area contributed by atoms with Crippen molar-refractivity contribution in [3.05, 3.63) is 34.6 Å². The molecule has 1 unspecified atom stereocenters. The van der Waals surface area contributed by atoms with E-state index in [1.807, 2.05) is 6.92 Å². The van der Waals surface area contributed by atoms with Crippen LogP contribution in [0.1, 0.15) is 18.9 Å². The molecule has 0 heterocycles. The topological polar surface area (TPSA) is 26.3 Å². The maximum atomic E-state index is 12.9. The van der Waals surface area contributed by atoms with E-state index in [-0.39, 0.29) is 23.1 Å². The van der Waals surface area contributed by atoms with Gasteiger partial charge in [0.25, 0.3) is 0 Å². The molecule has 0 saturated carbocycles. The average Bonchev–Trinajstić information content (AvgIpc) is 2.23. The van der Waals surface area contributed by atoms with Gasteiger partial charge in [0.15, 0.2) is 0 Å². The number of carbonyl (C=O) groups is 1. The van der Waals surface area contributed by atoms with Crippen molar-refractivity contribution < 1.29 is 13.9 Å². The molecule has 1 aromatic rings. The Morgan fingerprint density at radius 1 is 1.53 bits per heavy atom. The Morgan fingerprint density at radius 3 is 2.82 bits per heavy atom. The van der Waals surface area contributed by atoms with Crippen LogP contribution in [0, 0.1) is 11.7 Å². The molecule has 94 valence electrons. The van der Waals surface area contributed by atoms with Crippen LogP contribution in [0.3, 0.4) is 0 Å². The van der Waals surface area contributed by atoms with Crippen molar-refractivity contribution >= 4 is 17.4 Å². The lowest BCUT2D eigenvalue weighted by Gasteiger charge is -2.09. The van der Waals surface area contributed by atoms with Crippen LogP contribution < -0.4 is 0 Å². The Kier molecular flexibility index (Phi) is 5.59. The molecule has 0 N–H and O–H groups in total. The van der Waals surface area contributed by atoms with E-state index >= 15 is 0 Å². The summed E-state index contributed by atoms with van der Waals surface area (Å²) in [7, 11) is 1.61. The lowest BCUT2D eigenvalue weighted by atomic mass is 10.0. The minimum Gasteiger partial charge on any atom is -0.384 e. The molecule has 1 aromatic carbocycles. The highest BCUT2D eigenvalue weighted by Gasteiger charge is 2.10. The summed E-state index contributed by atoms with van der Waals surface area (Å²) in [6, 6.07) is 4.36. The zero-order chi connectivity index (χ0) is 12.8. The summed E-state index contributed by atoms with van der Waals surface area (Å²) in [6.45, 7) is 2.52. The van der Waals surface area contributed by atoms with Gasteiger partial charge in [-0.25, -0.2) is 4.39 Å². The Hall–Kier alpha value is -0.930. The average molecular weight is 259 g/mol. The Morgan fingerprint density at radius 2 is 2.24 bits per heavy atom. The molecule has 0 fully saturated rings. The second-order valence-electron chi connectivity index (χ2n) is 4.23. The molecular formula is C13H16ClFO2. The molecule has 0 aromatic heterocycles. The summed E-state index contributed by atoms with van der Waals surface area (Å²) in [4.78, 5) is 11.7. The number of rotatable bonds is 6. The number of Topliss-reactive ketones (excluding diaryl/α,β-unsaturated/α-hetero) is 1. The molecule has 0 aliphatic carbocycles. The number of ketones is 1. The van der Waals surface area contributed by atoms with Gasteiger partial charge in [-0.05, 0) is 23.6 Å². The van der Waals surface area contributed by atoms with Crippen LogP contribution in [0.15, 0.2) is 18.2 Å². The first kappa shape index (κ1) is 14.1. The third kappa shape index (κ3) is 4.84. The third-order valence-corrected chi connectivity index (χ3v) is 2.70. The van der Waals surface area contributed by atoms with Crippen molar-refractivity contribution in [1.29, 1.82) is 0 Å². The van der Waals surface area contributed by atoms with E-state index in [0.717, 1.165) is 5.56 Å². The summed E-state index contributed by atoms with van der Waals surface area (Å²) in [5.74, 6) is -0.156. The van der Waals surface area contributed by atoms with Crippen molar-refractivity contribution in [2.24, 2.45) is 5.92 Å². The van der Waals surface area contributed by atoms with Gasteiger partial charge < -0.3 is 4.74 Å². The molecule has 0 amide bonds. The number of methoxy groups -OCH3 is 1. The number of hydrogen-bond donors (Lipinski definition) is 0. The largest absolute Gasteiger partial charge is 0.384 e. The van der Waals surface area contributed by atoms with E-state index in [9.17, 15) is 9.18 Å². The fourth-order valence-electron chi connectivity index (χ4n) is 1.68. The summed E-state index contributed by atoms with van der Waals surface area (Å²) in [5.41, 5.74) is 0.742. The predicted molar refractivity (Wildman–Crippen MR) is 65.8 cm³/mol. The van der Waals surface area contributed by atoms with Crippen LogP contribution in [0.5, 0.6) is 0 Å². The number of carbonyl (C=O) groups excluding carboxylic acids is 1. The lowest BCUT2D eigenvalue weighted by Crippen LogP contribution is -2.12. The first-order valence-corrected chi connectivity index (χ1v) is 5.85. The predicted octanol–water partition coefficient (Wildman–Crippen LogP) is 3.26. The molecule has 2 nitrogen and oxygen atoms in total. The standard InChI is InChI=1S/C13H16ClFO2/c1-9(8-17-2)5-11(16)6-10-3-4-13(15)12(14)7-10/h3-4,7,9H,5-6,8H2,1-2H3. The Labute approximate surface area is 106 Å². The van der Waals surface area contributed by atoms with E-state index in [0.29, 0.717) is 13.0 Å². The van der Waals surface area contributed by atoms with Gasteiger partial charge in [-0.15, -0.1) is 0 Å². The van der Waals surface area contributed by atoms with Crippen molar-refractivity contribution in [3.63, 3.8) is 0 Å². The minimum atomic E-state index is -0.462. The molecule has 17 heavy (non-hydrogen) atoms. The number of benzene rings is 1. The molecule has 0 aliphatic heterocycles. The summed E-state index contributed by atoms with van der Waals surface area (Å²) in [5, 5.41) is 0.0558. The van der Waals surface area contributed by atoms with Crippen molar-refractivity contribution in [3.8, 4) is 0 Å². The van der Waals surface area contributed by atoms with E-state index in [2.05, 4.69) is 0 Å². The van der Waals surface area contributed by atoms with Crippen molar-refractivity contribution in [1.82, 2.24) is 0 Å². The van der Waals surface area contributed by atoms with Crippen LogP contribution in [-0.4, -0.2) is 19.5 Å². The zero-order valence-corrected chi connectivity index (χ0v) is 10.8. The van der Waals surface area contributed by atoms with Gasteiger partial charge in [-0.1, -0.05) is 24.6 Å². The van der Waals surface area contributed by atoms with E-state index in [4.69, 9.17) is 16.3 Å². The maximum Gasteiger partial charge on any atom is 0.141 e. The SMILES string of the molecule is COCC(C)CC(=O)Cc1ccc(F)c(Cl)c1. The highest BCUT2D eigenvalue weighted by atomic mass is 35.5. The first-order chi connectivity index (χ1) is 8.02. The number of hydrogen-bond acceptors (Lipinski definition) is 2. The monoisotopic (exact) mass is 258 g/mol. The van der Waals surface area contributed by atoms with Crippen LogP contribution in [-0.2, 0) is 16.0 Å². The van der Waals surface area contributed by atoms with Gasteiger partial charge in [0.1, 0.15) is 11.6 Å². The van der Waals surface area contributed by atoms with Crippen molar-refractivity contribution in [2.45, 2.75) is 19.8 Å². The van der Waals surface area contributed by atoms with E-state index < -0.39 is 5.82 Å². The molecule has 0 radical (unpaired) electrons. The fraction of sp³-hybridized carbons (Fsp3) is 0.462. The quantitative estimate of drug-likeness (QED) is 0.783. The smallest absolute Gasteiger partial charge is 0.141 e. The fourth-order valence-corrected chi connectivity index (χ4v) is 1.88. The van der Waals surface area contributed by atoms with Gasteiger partial charge in [-0.2, -0.15) is 0 Å². The highest BCUT2D eigenvalue weighted by Crippen LogP contribution is 2.17. The lowest BCUT2D eigenvalue weighted by molar-refractivity contribution is -0.119. The first-order valence-electron chi connectivity index (χ1n) is 5.47. The van der Waals surface area contributed by atoms with Crippen LogP contribution in [0.25, 0.3) is 0 Å². The Balaban J connectivity index is 2.53. The van der Waals surface area contributed by atoms with E-state index in [1.54, 1.807) is 13.2 Å². The van der Waals surface area contributed by atoms with Gasteiger partial charge in [-0.3, -0.25) is 4.79 Å². The molecular weight excluding hydrogens is 243 g/mol. The number of ether oxygens (including phenoxy) is 1. The second kappa shape index (κ2) is 6.72. The van der Waals surface area contributed by atoms with Gasteiger partial charge in [0, 0.05) is 26.6 Å². The Bertz CT molecular complexity index is 393. The zero-order valence-electron chi connectivity index (χ0n) is 10.0. The molecule has 1 rings (SSSR count). The molecule has 1 atom stereocenters. The molecule has 4 heteroatoms. The summed E-state index contributed by atoms with van der Waals surface area (Å²) >= 11 is 5.65. The highest BCUT2D eigenvalue weighted by molar-refractivity contribution is 6.30. The van der Waals surface area contributed by atoms with Crippen LogP contribution >= 0.6 is 11.6 Å². The molecule has 0 spiro atoms. The van der Waals surface area contributed by atoms with Gasteiger partial charge in [0.2, 0.25) is 0 Å². The normalized spacial score (nSPS) is 12.5. The second-order valence-corrected chi connectivity index (χ2v) is 4.64. The van der Waals surface area contributed by atoms with Crippen LogP contribution in [0.2, 0.25) is 5.02 Å². The molecule has 0 saturated heterocycles. The third-order valence-electron chi connectivity index (χ3n) is 2.41. The summed E-state index contributed by atoms with van der Waals surface area (Å²) < 4.78 is 17.9. The number of halogens is 2. The van der Waals surface area contributed by atoms with Gasteiger partial charge in [0.05, 0.1) is 5.02 Å². The van der Waals surface area contributed by atoms with Crippen molar-refractivity contribution in [2.75, 3.05) is 13.7 Å².